The van der Waals surface area contributed by atoms with E-state index in [1.54, 1.807) is 30.3 Å². The quantitative estimate of drug-likeness (QED) is 0.208. The smallest absolute Gasteiger partial charge is 0.326 e. The van der Waals surface area contributed by atoms with Gasteiger partial charge in [0.2, 0.25) is 11.8 Å². The van der Waals surface area contributed by atoms with Gasteiger partial charge in [0.25, 0.3) is 5.91 Å². The van der Waals surface area contributed by atoms with Crippen molar-refractivity contribution in [2.75, 3.05) is 19.6 Å². The number of nitrogens with zero attached hydrogens (tertiary/aromatic N) is 2. The minimum absolute atomic E-state index is 0. The van der Waals surface area contributed by atoms with Gasteiger partial charge < -0.3 is 31.1 Å². The van der Waals surface area contributed by atoms with Crippen LogP contribution in [0.4, 0.5) is 0 Å². The number of carbonyl (C=O) groups excluding carboxylic acids is 3. The van der Waals surface area contributed by atoms with E-state index in [0.29, 0.717) is 11.1 Å². The molecule has 12 nitrogen and oxygen atoms in total. The summed E-state index contributed by atoms with van der Waals surface area (Å²) < 4.78 is 0. The number of nitrogens with two attached hydrogens (primary N) is 1. The highest BCUT2D eigenvalue weighted by Crippen LogP contribution is 2.20. The zero-order valence-corrected chi connectivity index (χ0v) is 21.0. The third kappa shape index (κ3) is 7.29. The third-order valence-electron chi connectivity index (χ3n) is 6.01. The van der Waals surface area contributed by atoms with Gasteiger partial charge in [-0.15, -0.1) is 12.4 Å². The molecule has 1 heterocycles. The van der Waals surface area contributed by atoms with Crippen LogP contribution < -0.4 is 11.1 Å². The Hall–Kier alpha value is -4.45. The van der Waals surface area contributed by atoms with Crippen LogP contribution in [0.2, 0.25) is 0 Å². The monoisotopic (exact) mass is 545 g/mol. The predicted molar refractivity (Wildman–Crippen MR) is 138 cm³/mol. The number of amidine groups is 1. The molecule has 6 N–H and O–H groups in total. The lowest BCUT2D eigenvalue weighted by atomic mass is 10.0. The molecule has 2 aromatic rings. The van der Waals surface area contributed by atoms with Crippen LogP contribution in [0.25, 0.3) is 0 Å². The first kappa shape index (κ1) is 29.8. The summed E-state index contributed by atoms with van der Waals surface area (Å²) in [4.78, 5) is 64.2. The molecule has 3 amide bonds. The zero-order chi connectivity index (χ0) is 27.1. The number of carbonyl (C=O) groups is 5. The molecule has 0 aromatic heterocycles. The van der Waals surface area contributed by atoms with Gasteiger partial charge in [-0.25, -0.2) is 4.79 Å². The van der Waals surface area contributed by atoms with E-state index in [0.717, 1.165) is 9.80 Å². The molecule has 13 heteroatoms. The Morgan fingerprint density at radius 1 is 1.00 bits per heavy atom. The Morgan fingerprint density at radius 3 is 2.16 bits per heavy atom. The molecule has 1 fully saturated rings. The number of carboxylic acid groups (broad SMARTS) is 2. The standard InChI is InChI=1S/C25H27N5O7.ClH/c26-22(27)16-6-8-17(9-7-16)23(34)28-14-20(31)29-10-11-30(24(35)18(29)13-21(32)33)19(25(36)37)12-15-4-2-1-3-5-15;/h1-9,18-19H,10-14H2,(H3,26,27)(H,28,34)(H,32,33)(H,36,37);1H/t18?,19-;/m0./s1. The highest BCUT2D eigenvalue weighted by atomic mass is 35.5. The summed E-state index contributed by atoms with van der Waals surface area (Å²) in [5.41, 5.74) is 6.72. The van der Waals surface area contributed by atoms with Crippen molar-refractivity contribution in [2.45, 2.75) is 24.9 Å². The van der Waals surface area contributed by atoms with Gasteiger partial charge in [0, 0.05) is 30.6 Å². The first-order chi connectivity index (χ1) is 17.6. The summed E-state index contributed by atoms with van der Waals surface area (Å²) in [5, 5.41) is 29.0. The van der Waals surface area contributed by atoms with E-state index >= 15 is 0 Å². The minimum atomic E-state index is -1.41. The maximum atomic E-state index is 13.2. The minimum Gasteiger partial charge on any atom is -0.481 e. The van der Waals surface area contributed by atoms with E-state index in [-0.39, 0.29) is 43.3 Å². The summed E-state index contributed by atoms with van der Waals surface area (Å²) in [6.07, 6.45) is -0.687. The van der Waals surface area contributed by atoms with Crippen molar-refractivity contribution in [1.29, 1.82) is 5.41 Å². The number of piperazine rings is 1. The molecule has 0 spiro atoms. The molecule has 0 saturated carbocycles. The van der Waals surface area contributed by atoms with Gasteiger partial charge in [-0.2, -0.15) is 0 Å². The van der Waals surface area contributed by atoms with Crippen LogP contribution in [-0.4, -0.2) is 87.2 Å². The van der Waals surface area contributed by atoms with Gasteiger partial charge in [0.05, 0.1) is 13.0 Å². The Balaban J connectivity index is 0.00000507. The number of hydrogen-bond donors (Lipinski definition) is 5. The van der Waals surface area contributed by atoms with Gasteiger partial charge in [-0.1, -0.05) is 42.5 Å². The summed E-state index contributed by atoms with van der Waals surface area (Å²) in [6, 6.07) is 11.9. The summed E-state index contributed by atoms with van der Waals surface area (Å²) in [6.45, 7) is -0.696. The van der Waals surface area contributed by atoms with Gasteiger partial charge in [-0.3, -0.25) is 24.6 Å². The lowest BCUT2D eigenvalue weighted by Crippen LogP contribution is -2.63. The van der Waals surface area contributed by atoms with Crippen LogP contribution in [0, 0.1) is 5.41 Å². The SMILES string of the molecule is Cl.N=C(N)c1ccc(C(=O)NCC(=O)N2CCN([C@@H](Cc3ccccc3)C(=O)O)C(=O)C2CC(=O)O)cc1. The summed E-state index contributed by atoms with van der Waals surface area (Å²) >= 11 is 0. The van der Waals surface area contributed by atoms with Gasteiger partial charge >= 0.3 is 11.9 Å². The van der Waals surface area contributed by atoms with Crippen LogP contribution in [0.3, 0.4) is 0 Å². The number of aliphatic carboxylic acids is 2. The molecule has 2 atom stereocenters. The topological polar surface area (TPSA) is 194 Å². The highest BCUT2D eigenvalue weighted by Gasteiger charge is 2.42. The second kappa shape index (κ2) is 13.2. The number of nitrogen functional groups attached to an aromatic ring is 1. The highest BCUT2D eigenvalue weighted by molar-refractivity contribution is 6.00. The fourth-order valence-electron chi connectivity index (χ4n) is 4.11. The van der Waals surface area contributed by atoms with Crippen LogP contribution in [-0.2, 0) is 25.6 Å². The van der Waals surface area contributed by atoms with E-state index in [2.05, 4.69) is 5.32 Å². The molecule has 2 aromatic carbocycles. The second-order valence-electron chi connectivity index (χ2n) is 8.45. The van der Waals surface area contributed by atoms with E-state index in [9.17, 15) is 34.2 Å². The third-order valence-corrected chi connectivity index (χ3v) is 6.01. The van der Waals surface area contributed by atoms with Crippen LogP contribution in [0.5, 0.6) is 0 Å². The molecule has 1 aliphatic heterocycles. The maximum absolute atomic E-state index is 13.2. The number of halogens is 1. The summed E-state index contributed by atoms with van der Waals surface area (Å²) in [5.74, 6) is -4.78. The number of carboxylic acids is 2. The fourth-order valence-corrected chi connectivity index (χ4v) is 4.11. The zero-order valence-electron chi connectivity index (χ0n) is 20.2. The number of nitrogens with one attached hydrogen (secondary N) is 2. The van der Waals surface area contributed by atoms with Crippen LogP contribution in [0.15, 0.2) is 54.6 Å². The van der Waals surface area contributed by atoms with E-state index in [4.69, 9.17) is 11.1 Å². The van der Waals surface area contributed by atoms with Crippen molar-refractivity contribution >= 4 is 47.9 Å². The molecule has 0 radical (unpaired) electrons. The first-order valence-electron chi connectivity index (χ1n) is 11.4. The van der Waals surface area contributed by atoms with Crippen molar-refractivity contribution in [1.82, 2.24) is 15.1 Å². The molecule has 1 unspecified atom stereocenters. The van der Waals surface area contributed by atoms with Crippen LogP contribution in [0.1, 0.15) is 27.9 Å². The van der Waals surface area contributed by atoms with Crippen molar-refractivity contribution < 1.29 is 34.2 Å². The van der Waals surface area contributed by atoms with E-state index in [1.165, 1.54) is 24.3 Å². The number of amides is 3. The van der Waals surface area contributed by atoms with Gasteiger partial charge in [0.15, 0.2) is 0 Å². The molecule has 1 aliphatic rings. The fraction of sp³-hybridized carbons (Fsp3) is 0.280. The van der Waals surface area contributed by atoms with Gasteiger partial charge in [-0.05, 0) is 17.7 Å². The molecular weight excluding hydrogens is 518 g/mol. The Labute approximate surface area is 224 Å². The second-order valence-corrected chi connectivity index (χ2v) is 8.45. The van der Waals surface area contributed by atoms with Gasteiger partial charge in [0.1, 0.15) is 17.9 Å². The molecule has 3 rings (SSSR count). The average molecular weight is 546 g/mol. The largest absolute Gasteiger partial charge is 0.481 e. The Morgan fingerprint density at radius 2 is 1.61 bits per heavy atom. The molecule has 202 valence electrons. The molecule has 0 bridgehead atoms. The number of rotatable bonds is 10. The summed E-state index contributed by atoms with van der Waals surface area (Å²) in [7, 11) is 0. The van der Waals surface area contributed by atoms with Crippen LogP contribution >= 0.6 is 12.4 Å². The Kier molecular flexibility index (Phi) is 10.3. The molecule has 0 aliphatic carbocycles. The molecule has 38 heavy (non-hydrogen) atoms. The predicted octanol–water partition coefficient (Wildman–Crippen LogP) is 0.332. The van der Waals surface area contributed by atoms with E-state index in [1.807, 2.05) is 0 Å². The van der Waals surface area contributed by atoms with Crippen molar-refractivity contribution in [3.8, 4) is 0 Å². The molecule has 1 saturated heterocycles. The lowest BCUT2D eigenvalue weighted by Gasteiger charge is -2.42. The van der Waals surface area contributed by atoms with Crippen molar-refractivity contribution in [3.05, 3.63) is 71.3 Å². The van der Waals surface area contributed by atoms with E-state index < -0.39 is 54.7 Å². The number of hydrogen-bond acceptors (Lipinski definition) is 6. The Bertz CT molecular complexity index is 1210. The normalized spacial score (nSPS) is 15.7. The van der Waals surface area contributed by atoms with Crippen molar-refractivity contribution in [3.63, 3.8) is 0 Å². The lowest BCUT2D eigenvalue weighted by molar-refractivity contribution is -0.161. The maximum Gasteiger partial charge on any atom is 0.326 e. The van der Waals surface area contributed by atoms with Crippen molar-refractivity contribution in [2.24, 2.45) is 5.73 Å². The number of benzene rings is 2. The average Bonchev–Trinajstić information content (AvgIpc) is 2.87. The molecular formula is C25H28ClN5O7. The first-order valence-corrected chi connectivity index (χ1v) is 11.4.